The number of esters is 2. The number of nitrogens with zero attached hydrogens (tertiary/aromatic N) is 1. The Bertz CT molecular complexity index is 1860. The third-order valence-electron chi connectivity index (χ3n) is 20.9. The number of quaternary nitrogens is 1. The van der Waals surface area contributed by atoms with Crippen LogP contribution in [0.25, 0.3) is 0 Å². The van der Waals surface area contributed by atoms with Crippen LogP contribution in [0.3, 0.4) is 0 Å². The number of phosphoric acid groups is 1. The van der Waals surface area contributed by atoms with E-state index < -0.39 is 26.5 Å². The maximum atomic E-state index is 12.9. The molecular weight excluding hydrogens is 1280 g/mol. The van der Waals surface area contributed by atoms with Crippen molar-refractivity contribution in [3.8, 4) is 0 Å². The molecule has 602 valence electrons. The van der Waals surface area contributed by atoms with E-state index >= 15 is 0 Å². The smallest absolute Gasteiger partial charge is 0.462 e. The molecule has 0 aromatic heterocycles. The summed E-state index contributed by atoms with van der Waals surface area (Å²) < 4.78 is 34.9. The van der Waals surface area contributed by atoms with Crippen molar-refractivity contribution in [1.29, 1.82) is 0 Å². The number of likely N-dealkylation sites (N-methyl/N-ethyl adjacent to an activating group) is 1. The van der Waals surface area contributed by atoms with E-state index in [1.54, 1.807) is 0 Å². The van der Waals surface area contributed by atoms with Crippen molar-refractivity contribution in [3.63, 3.8) is 0 Å². The first-order chi connectivity index (χ1) is 50.0. The molecule has 2 unspecified atom stereocenters. The summed E-state index contributed by atoms with van der Waals surface area (Å²) in [5.41, 5.74) is 0. The minimum atomic E-state index is -4.40. The van der Waals surface area contributed by atoms with Crippen LogP contribution in [0.1, 0.15) is 476 Å². The van der Waals surface area contributed by atoms with Crippen molar-refractivity contribution in [2.24, 2.45) is 0 Å². The SMILES string of the molecule is CC/C=C\C/C=C\C/C=C\C/C=C\CCCCCCCCCCCCCCCCCCCCCCCCCCCCC(=O)OC(COC(=O)CCCCCCCCCCCCCCCCCCCCCCCCCCCCCCCCCCCCCCCCC)COP(=O)(O)OCC[N+](C)(C)C. The van der Waals surface area contributed by atoms with Gasteiger partial charge in [0, 0.05) is 12.8 Å². The van der Waals surface area contributed by atoms with Gasteiger partial charge in [0.25, 0.3) is 0 Å². The summed E-state index contributed by atoms with van der Waals surface area (Å²) in [6.07, 6.45) is 112. The average molecular weight is 1460 g/mol. The summed E-state index contributed by atoms with van der Waals surface area (Å²) >= 11 is 0. The lowest BCUT2D eigenvalue weighted by Crippen LogP contribution is -2.37. The van der Waals surface area contributed by atoms with Crippen molar-refractivity contribution < 1.29 is 42.1 Å². The van der Waals surface area contributed by atoms with Gasteiger partial charge in [-0.2, -0.15) is 0 Å². The van der Waals surface area contributed by atoms with Crippen LogP contribution in [-0.2, 0) is 32.7 Å². The van der Waals surface area contributed by atoms with E-state index in [1.165, 1.54) is 385 Å². The minimum absolute atomic E-state index is 0.0357. The zero-order valence-electron chi connectivity index (χ0n) is 69.1. The molecule has 0 bridgehead atoms. The van der Waals surface area contributed by atoms with E-state index in [-0.39, 0.29) is 25.6 Å². The summed E-state index contributed by atoms with van der Waals surface area (Å²) in [6.45, 7) is 4.42. The topological polar surface area (TPSA) is 108 Å². The summed E-state index contributed by atoms with van der Waals surface area (Å²) in [4.78, 5) is 36.1. The van der Waals surface area contributed by atoms with Gasteiger partial charge in [-0.1, -0.05) is 461 Å². The molecular formula is C92H177NO8P+. The van der Waals surface area contributed by atoms with Crippen LogP contribution < -0.4 is 0 Å². The molecule has 0 aromatic carbocycles. The molecule has 0 aliphatic heterocycles. The monoisotopic (exact) mass is 1460 g/mol. The molecule has 10 heteroatoms. The fourth-order valence-electron chi connectivity index (χ4n) is 14.0. The third-order valence-corrected chi connectivity index (χ3v) is 21.9. The van der Waals surface area contributed by atoms with Crippen LogP contribution in [0.2, 0.25) is 0 Å². The average Bonchev–Trinajstić information content (AvgIpc) is 0.914. The lowest BCUT2D eigenvalue weighted by atomic mass is 10.0. The van der Waals surface area contributed by atoms with Gasteiger partial charge in [0.05, 0.1) is 27.7 Å². The maximum Gasteiger partial charge on any atom is 0.472 e. The molecule has 0 rings (SSSR count). The zero-order valence-corrected chi connectivity index (χ0v) is 70.0. The number of hydrogen-bond donors (Lipinski definition) is 1. The van der Waals surface area contributed by atoms with Gasteiger partial charge in [-0.25, -0.2) is 4.57 Å². The largest absolute Gasteiger partial charge is 0.472 e. The van der Waals surface area contributed by atoms with Gasteiger partial charge in [-0.3, -0.25) is 18.6 Å². The van der Waals surface area contributed by atoms with Crippen molar-refractivity contribution in [3.05, 3.63) is 48.6 Å². The minimum Gasteiger partial charge on any atom is -0.462 e. The second kappa shape index (κ2) is 83.0. The maximum absolute atomic E-state index is 12.9. The highest BCUT2D eigenvalue weighted by molar-refractivity contribution is 7.47. The first-order valence-electron chi connectivity index (χ1n) is 45.4. The molecule has 0 spiro atoms. The van der Waals surface area contributed by atoms with Gasteiger partial charge < -0.3 is 18.9 Å². The van der Waals surface area contributed by atoms with Gasteiger partial charge in [-0.05, 0) is 51.4 Å². The number of carbonyl (C=O) groups excluding carboxylic acids is 2. The Morgan fingerprint density at radius 1 is 0.314 bits per heavy atom. The summed E-state index contributed by atoms with van der Waals surface area (Å²) in [5, 5.41) is 0. The van der Waals surface area contributed by atoms with E-state index in [2.05, 4.69) is 62.5 Å². The second-order valence-corrected chi connectivity index (χ2v) is 33.8. The van der Waals surface area contributed by atoms with Crippen molar-refractivity contribution in [1.82, 2.24) is 0 Å². The quantitative estimate of drug-likeness (QED) is 0.0211. The Balaban J connectivity index is 3.82. The van der Waals surface area contributed by atoms with E-state index in [4.69, 9.17) is 18.5 Å². The van der Waals surface area contributed by atoms with Crippen LogP contribution in [-0.4, -0.2) is 74.9 Å². The second-order valence-electron chi connectivity index (χ2n) is 32.3. The standard InChI is InChI=1S/C92H176NO8P/c1-6-8-10-12-14-16-18-20-22-24-26-28-30-32-34-36-38-40-42-44-46-48-50-52-54-56-58-60-62-64-66-68-70-72-74-76-78-80-82-84-91(94)98-88-90(89-100-102(96,97)99-87-86-93(3,4)5)101-92(95)85-83-81-79-77-75-73-71-69-67-65-63-61-59-57-55-53-51-49-47-45-43-41-39-37-35-33-31-29-27-25-23-21-19-17-15-13-11-9-7-2/h9,11,15,17,21,23,27,29,90H,6-8,10,12-14,16,18-20,22,24-26,28,30-89H2,1-5H3/p+1/b11-9-,17-15-,23-21-,29-27-. The van der Waals surface area contributed by atoms with Crippen LogP contribution >= 0.6 is 7.82 Å². The summed E-state index contributed by atoms with van der Waals surface area (Å²) in [6, 6.07) is 0. The molecule has 0 aliphatic rings. The lowest BCUT2D eigenvalue weighted by Gasteiger charge is -2.24. The van der Waals surface area contributed by atoms with E-state index in [0.29, 0.717) is 23.9 Å². The number of carbonyl (C=O) groups is 2. The Kier molecular flexibility index (Phi) is 81.4. The predicted molar refractivity (Wildman–Crippen MR) is 446 cm³/mol. The first kappa shape index (κ1) is 100.0. The van der Waals surface area contributed by atoms with Crippen molar-refractivity contribution in [2.75, 3.05) is 47.5 Å². The number of hydrogen-bond acceptors (Lipinski definition) is 7. The van der Waals surface area contributed by atoms with E-state index in [9.17, 15) is 19.0 Å². The van der Waals surface area contributed by atoms with E-state index in [1.807, 2.05) is 21.1 Å². The molecule has 0 aromatic rings. The number of phosphoric ester groups is 1. The summed E-state index contributed by atoms with van der Waals surface area (Å²) in [5.74, 6) is -0.767. The van der Waals surface area contributed by atoms with Gasteiger partial charge >= 0.3 is 19.8 Å². The van der Waals surface area contributed by atoms with Crippen molar-refractivity contribution >= 4 is 19.8 Å². The van der Waals surface area contributed by atoms with E-state index in [0.717, 1.165) is 57.8 Å². The van der Waals surface area contributed by atoms with Gasteiger partial charge in [0.2, 0.25) is 0 Å². The Morgan fingerprint density at radius 2 is 0.559 bits per heavy atom. The number of allylic oxidation sites excluding steroid dienone is 8. The molecule has 2 atom stereocenters. The number of unbranched alkanes of at least 4 members (excludes halogenated alkanes) is 64. The van der Waals surface area contributed by atoms with Crippen LogP contribution in [0.15, 0.2) is 48.6 Å². The Hall–Kier alpha value is -2.03. The molecule has 0 fully saturated rings. The van der Waals surface area contributed by atoms with Gasteiger partial charge in [0.1, 0.15) is 19.8 Å². The van der Waals surface area contributed by atoms with Crippen LogP contribution in [0.4, 0.5) is 0 Å². The van der Waals surface area contributed by atoms with Crippen LogP contribution in [0.5, 0.6) is 0 Å². The Morgan fingerprint density at radius 3 is 0.833 bits per heavy atom. The molecule has 102 heavy (non-hydrogen) atoms. The molecule has 0 saturated heterocycles. The van der Waals surface area contributed by atoms with Crippen molar-refractivity contribution in [2.45, 2.75) is 482 Å². The first-order valence-corrected chi connectivity index (χ1v) is 46.9. The molecule has 0 heterocycles. The molecule has 0 aliphatic carbocycles. The highest BCUT2D eigenvalue weighted by atomic mass is 31.2. The highest BCUT2D eigenvalue weighted by Crippen LogP contribution is 2.43. The number of rotatable bonds is 86. The fraction of sp³-hybridized carbons (Fsp3) is 0.891. The molecule has 0 saturated carbocycles. The van der Waals surface area contributed by atoms with Crippen LogP contribution in [0, 0.1) is 0 Å². The highest BCUT2D eigenvalue weighted by Gasteiger charge is 2.27. The predicted octanol–water partition coefficient (Wildman–Crippen LogP) is 30.6. The Labute approximate surface area is 636 Å². The lowest BCUT2D eigenvalue weighted by molar-refractivity contribution is -0.870. The fourth-order valence-corrected chi connectivity index (χ4v) is 14.8. The summed E-state index contributed by atoms with van der Waals surface area (Å²) in [7, 11) is 1.51. The van der Waals surface area contributed by atoms with Gasteiger partial charge in [-0.15, -0.1) is 0 Å². The zero-order chi connectivity index (χ0) is 74.0. The molecule has 0 radical (unpaired) electrons. The van der Waals surface area contributed by atoms with Gasteiger partial charge in [0.15, 0.2) is 6.10 Å². The molecule has 1 N–H and O–H groups in total. The molecule has 0 amide bonds. The normalized spacial score (nSPS) is 13.1. The third kappa shape index (κ3) is 86.9. The number of ether oxygens (including phenoxy) is 2. The molecule has 9 nitrogen and oxygen atoms in total.